The Labute approximate surface area is 98.3 Å². The predicted molar refractivity (Wildman–Crippen MR) is 56.4 cm³/mol. The van der Waals surface area contributed by atoms with E-state index in [2.05, 4.69) is 5.32 Å². The van der Waals surface area contributed by atoms with Crippen LogP contribution >= 0.6 is 0 Å². The van der Waals surface area contributed by atoms with Gasteiger partial charge in [0.1, 0.15) is 0 Å². The number of hydrogen-bond acceptors (Lipinski definition) is 2. The first-order chi connectivity index (χ1) is 7.96. The number of alkyl halides is 3. The van der Waals surface area contributed by atoms with E-state index in [1.165, 1.54) is 0 Å². The summed E-state index contributed by atoms with van der Waals surface area (Å²) in [6.07, 6.45) is -1.49. The van der Waals surface area contributed by atoms with E-state index in [9.17, 15) is 18.0 Å². The second kappa shape index (κ2) is 4.84. The second-order valence-corrected chi connectivity index (χ2v) is 4.84. The number of nitrogens with zero attached hydrogens (tertiary/aromatic N) is 1. The van der Waals surface area contributed by atoms with Crippen molar-refractivity contribution >= 4 is 5.91 Å². The number of nitrogens with one attached hydrogen (secondary N) is 1. The van der Waals surface area contributed by atoms with Crippen molar-refractivity contribution in [3.63, 3.8) is 0 Å². The summed E-state index contributed by atoms with van der Waals surface area (Å²) < 4.78 is 36.4. The lowest BCUT2D eigenvalue weighted by molar-refractivity contribution is -0.141. The van der Waals surface area contributed by atoms with E-state index >= 15 is 0 Å². The average molecular weight is 250 g/mol. The molecule has 1 heterocycles. The maximum absolute atomic E-state index is 12.1. The standard InChI is InChI=1S/C11H17F3N2O/c12-11(13,14)5-7-16-6-1-2-9(16)10(17)15-8-3-4-8/h8-9H,1-7H2,(H,15,17). The summed E-state index contributed by atoms with van der Waals surface area (Å²) in [5.74, 6) is -0.0906. The fourth-order valence-corrected chi connectivity index (χ4v) is 2.19. The highest BCUT2D eigenvalue weighted by Gasteiger charge is 2.36. The third-order valence-electron chi connectivity index (χ3n) is 3.27. The quantitative estimate of drug-likeness (QED) is 0.823. The van der Waals surface area contributed by atoms with Gasteiger partial charge in [0.2, 0.25) is 5.91 Å². The fourth-order valence-electron chi connectivity index (χ4n) is 2.19. The molecule has 2 rings (SSSR count). The van der Waals surface area contributed by atoms with E-state index in [4.69, 9.17) is 0 Å². The molecule has 1 atom stereocenters. The molecule has 3 nitrogen and oxygen atoms in total. The molecule has 0 bridgehead atoms. The zero-order valence-corrected chi connectivity index (χ0v) is 9.59. The number of halogens is 3. The molecule has 1 saturated carbocycles. The van der Waals surface area contributed by atoms with Gasteiger partial charge in [-0.1, -0.05) is 0 Å². The molecule has 2 fully saturated rings. The molecule has 1 N–H and O–H groups in total. The molecule has 0 aromatic heterocycles. The molecule has 0 spiro atoms. The molecule has 98 valence electrons. The van der Waals surface area contributed by atoms with E-state index in [0.29, 0.717) is 13.0 Å². The lowest BCUT2D eigenvalue weighted by Gasteiger charge is -2.24. The third-order valence-corrected chi connectivity index (χ3v) is 3.27. The molecular weight excluding hydrogens is 233 g/mol. The van der Waals surface area contributed by atoms with E-state index < -0.39 is 12.6 Å². The maximum atomic E-state index is 12.1. The van der Waals surface area contributed by atoms with Crippen molar-refractivity contribution in [1.29, 1.82) is 0 Å². The van der Waals surface area contributed by atoms with Crippen molar-refractivity contribution < 1.29 is 18.0 Å². The average Bonchev–Trinajstić information content (AvgIpc) is 2.91. The van der Waals surface area contributed by atoms with E-state index in [0.717, 1.165) is 19.3 Å². The van der Waals surface area contributed by atoms with Crippen molar-refractivity contribution in [2.75, 3.05) is 13.1 Å². The molecule has 0 aromatic carbocycles. The van der Waals surface area contributed by atoms with Gasteiger partial charge in [-0.2, -0.15) is 13.2 Å². The molecule has 1 aliphatic carbocycles. The van der Waals surface area contributed by atoms with Gasteiger partial charge in [0, 0.05) is 12.6 Å². The number of carbonyl (C=O) groups is 1. The Morgan fingerprint density at radius 2 is 2.00 bits per heavy atom. The van der Waals surface area contributed by atoms with Crippen LogP contribution in [0.5, 0.6) is 0 Å². The van der Waals surface area contributed by atoms with E-state index in [1.54, 1.807) is 4.90 Å². The third kappa shape index (κ3) is 3.87. The van der Waals surface area contributed by atoms with Gasteiger partial charge in [0.15, 0.2) is 0 Å². The van der Waals surface area contributed by atoms with Crippen molar-refractivity contribution in [1.82, 2.24) is 10.2 Å². The van der Waals surface area contributed by atoms with Gasteiger partial charge in [-0.15, -0.1) is 0 Å². The van der Waals surface area contributed by atoms with Crippen LogP contribution in [0.3, 0.4) is 0 Å². The summed E-state index contributed by atoms with van der Waals surface area (Å²) in [7, 11) is 0. The van der Waals surface area contributed by atoms with Crippen LogP contribution in [0.4, 0.5) is 13.2 Å². The molecule has 2 aliphatic rings. The van der Waals surface area contributed by atoms with Crippen molar-refractivity contribution in [2.45, 2.75) is 50.4 Å². The van der Waals surface area contributed by atoms with Crippen LogP contribution in [0.25, 0.3) is 0 Å². The highest BCUT2D eigenvalue weighted by molar-refractivity contribution is 5.82. The summed E-state index contributed by atoms with van der Waals surface area (Å²) >= 11 is 0. The topological polar surface area (TPSA) is 32.3 Å². The van der Waals surface area contributed by atoms with Gasteiger partial charge in [0.05, 0.1) is 12.5 Å². The van der Waals surface area contributed by atoms with E-state index in [-0.39, 0.29) is 24.5 Å². The van der Waals surface area contributed by atoms with Gasteiger partial charge in [0.25, 0.3) is 0 Å². The first-order valence-electron chi connectivity index (χ1n) is 6.07. The van der Waals surface area contributed by atoms with Gasteiger partial charge in [-0.05, 0) is 32.2 Å². The van der Waals surface area contributed by atoms with Crippen LogP contribution in [-0.2, 0) is 4.79 Å². The predicted octanol–water partition coefficient (Wildman–Crippen LogP) is 1.68. The number of amides is 1. The summed E-state index contributed by atoms with van der Waals surface area (Å²) in [5, 5.41) is 2.86. The maximum Gasteiger partial charge on any atom is 0.390 e. The normalized spacial score (nSPS) is 26.2. The van der Waals surface area contributed by atoms with E-state index in [1.807, 2.05) is 0 Å². The zero-order valence-electron chi connectivity index (χ0n) is 9.59. The Morgan fingerprint density at radius 3 is 2.59 bits per heavy atom. The lowest BCUT2D eigenvalue weighted by Crippen LogP contribution is -2.44. The Bertz CT molecular complexity index is 289. The van der Waals surface area contributed by atoms with Crippen LogP contribution in [0.15, 0.2) is 0 Å². The van der Waals surface area contributed by atoms with Crippen LogP contribution in [0, 0.1) is 0 Å². The molecular formula is C11H17F3N2O. The molecule has 1 saturated heterocycles. The highest BCUT2D eigenvalue weighted by atomic mass is 19.4. The first kappa shape index (κ1) is 12.7. The SMILES string of the molecule is O=C(NC1CC1)C1CCCN1CCC(F)(F)F. The molecule has 0 aromatic rings. The monoisotopic (exact) mass is 250 g/mol. The Morgan fingerprint density at radius 1 is 1.29 bits per heavy atom. The summed E-state index contributed by atoms with van der Waals surface area (Å²) in [4.78, 5) is 13.5. The van der Waals surface area contributed by atoms with Crippen LogP contribution < -0.4 is 5.32 Å². The minimum Gasteiger partial charge on any atom is -0.352 e. The minimum atomic E-state index is -4.14. The summed E-state index contributed by atoms with van der Waals surface area (Å²) in [6, 6.07) is -0.0782. The van der Waals surface area contributed by atoms with Crippen molar-refractivity contribution in [3.8, 4) is 0 Å². The zero-order chi connectivity index (χ0) is 12.5. The molecule has 0 radical (unpaired) electrons. The van der Waals surface area contributed by atoms with Crippen LogP contribution in [0.2, 0.25) is 0 Å². The second-order valence-electron chi connectivity index (χ2n) is 4.84. The molecule has 6 heteroatoms. The minimum absolute atomic E-state index is 0.0632. The summed E-state index contributed by atoms with van der Waals surface area (Å²) in [5.41, 5.74) is 0. The van der Waals surface area contributed by atoms with Crippen LogP contribution in [-0.4, -0.2) is 42.2 Å². The molecule has 17 heavy (non-hydrogen) atoms. The number of carbonyl (C=O) groups excluding carboxylic acids is 1. The molecule has 1 aliphatic heterocycles. The molecule has 1 amide bonds. The summed E-state index contributed by atoms with van der Waals surface area (Å²) in [6.45, 7) is 0.533. The molecule has 1 unspecified atom stereocenters. The first-order valence-corrected chi connectivity index (χ1v) is 6.07. The van der Waals surface area contributed by atoms with Gasteiger partial charge < -0.3 is 5.32 Å². The van der Waals surface area contributed by atoms with Gasteiger partial charge in [-0.25, -0.2) is 0 Å². The van der Waals surface area contributed by atoms with Gasteiger partial charge in [-0.3, -0.25) is 9.69 Å². The van der Waals surface area contributed by atoms with Crippen LogP contribution in [0.1, 0.15) is 32.1 Å². The number of rotatable bonds is 4. The van der Waals surface area contributed by atoms with Crippen molar-refractivity contribution in [2.24, 2.45) is 0 Å². The number of likely N-dealkylation sites (tertiary alicyclic amines) is 1. The number of hydrogen-bond donors (Lipinski definition) is 1. The largest absolute Gasteiger partial charge is 0.390 e. The van der Waals surface area contributed by atoms with Crippen molar-refractivity contribution in [3.05, 3.63) is 0 Å². The Hall–Kier alpha value is -0.780. The van der Waals surface area contributed by atoms with Gasteiger partial charge >= 0.3 is 6.18 Å². The Kier molecular flexibility index (Phi) is 3.61. The lowest BCUT2D eigenvalue weighted by atomic mass is 10.2. The smallest absolute Gasteiger partial charge is 0.352 e. The Balaban J connectivity index is 1.81. The highest BCUT2D eigenvalue weighted by Crippen LogP contribution is 2.25. The fraction of sp³-hybridized carbons (Fsp3) is 0.909.